The fourth-order valence-electron chi connectivity index (χ4n) is 3.08. The number of thioether (sulfide) groups is 1. The second kappa shape index (κ2) is 8.79. The van der Waals surface area contributed by atoms with Crippen molar-refractivity contribution in [1.82, 2.24) is 9.97 Å². The molecule has 0 aliphatic carbocycles. The number of aromatic nitrogens is 2. The number of carbonyl (C=O) groups is 2. The summed E-state index contributed by atoms with van der Waals surface area (Å²) in [5, 5.41) is 0.646. The van der Waals surface area contributed by atoms with Crippen LogP contribution in [0.5, 0.6) is 5.75 Å². The molecule has 0 saturated carbocycles. The first kappa shape index (κ1) is 20.9. The third-order valence-corrected chi connectivity index (χ3v) is 7.10. The number of rotatable bonds is 6. The van der Waals surface area contributed by atoms with Crippen molar-refractivity contribution >= 4 is 72.1 Å². The first-order valence-corrected chi connectivity index (χ1v) is 11.7. The summed E-state index contributed by atoms with van der Waals surface area (Å²) in [6.07, 6.45) is 0. The fourth-order valence-corrected chi connectivity index (χ4v) is 5.53. The van der Waals surface area contributed by atoms with Gasteiger partial charge in [0.1, 0.15) is 5.75 Å². The molecule has 0 atom stereocenters. The maximum Gasteiger partial charge on any atom is 0.340 e. The number of fused-ring (bicyclic) bond motifs is 2. The number of aromatic amines is 1. The van der Waals surface area contributed by atoms with E-state index in [1.54, 1.807) is 42.2 Å². The van der Waals surface area contributed by atoms with Crippen molar-refractivity contribution < 1.29 is 19.1 Å². The molecule has 6 nitrogen and oxygen atoms in total. The Balaban J connectivity index is 1.72. The van der Waals surface area contributed by atoms with Gasteiger partial charge in [-0.25, -0.2) is 9.78 Å². The molecule has 4 rings (SSSR count). The molecule has 0 amide bonds. The molecule has 1 N–H and O–H groups in total. The van der Waals surface area contributed by atoms with Crippen LogP contribution in [0.4, 0.5) is 0 Å². The number of carbonyl (C=O) groups excluding carboxylic acids is 2. The van der Waals surface area contributed by atoms with Gasteiger partial charge in [-0.15, -0.1) is 11.3 Å². The summed E-state index contributed by atoms with van der Waals surface area (Å²) in [4.78, 5) is 32.1. The van der Waals surface area contributed by atoms with E-state index in [2.05, 4.69) is 25.9 Å². The number of H-pyrrole nitrogens is 1. The number of para-hydroxylation sites is 1. The molecule has 0 spiro atoms. The number of halogens is 1. The Bertz CT molecular complexity index is 1230. The Hall–Kier alpha value is -2.36. The standard InChI is InChI=1S/C21H17BrN2O4S2/c1-3-27-20(26)19-12-8-17(28-11(2)25)13(22)9-15(12)23-16(19)10-29-21-24-14-6-4-5-7-18(14)30-21/h4-9,23H,3,10H2,1-2H3. The van der Waals surface area contributed by atoms with E-state index in [1.807, 2.05) is 24.3 Å². The van der Waals surface area contributed by atoms with Gasteiger partial charge in [-0.3, -0.25) is 4.79 Å². The van der Waals surface area contributed by atoms with Gasteiger partial charge in [0.25, 0.3) is 0 Å². The number of esters is 2. The number of hydrogen-bond donors (Lipinski definition) is 1. The second-order valence-corrected chi connectivity index (χ2v) is 9.46. The minimum Gasteiger partial charge on any atom is -0.462 e. The van der Waals surface area contributed by atoms with E-state index in [0.717, 1.165) is 25.8 Å². The molecule has 4 aromatic rings. The zero-order valence-corrected chi connectivity index (χ0v) is 19.4. The van der Waals surface area contributed by atoms with Gasteiger partial charge in [0.05, 0.1) is 26.9 Å². The van der Waals surface area contributed by atoms with Crippen LogP contribution in [0.25, 0.3) is 21.1 Å². The number of hydrogen-bond acceptors (Lipinski definition) is 7. The Kier molecular flexibility index (Phi) is 6.12. The lowest BCUT2D eigenvalue weighted by atomic mass is 10.1. The van der Waals surface area contributed by atoms with Gasteiger partial charge in [-0.2, -0.15) is 0 Å². The molecule has 0 radical (unpaired) electrons. The predicted octanol–water partition coefficient (Wildman–Crippen LogP) is 5.93. The molecule has 0 bridgehead atoms. The molecule has 0 fully saturated rings. The zero-order valence-electron chi connectivity index (χ0n) is 16.2. The summed E-state index contributed by atoms with van der Waals surface area (Å²) in [5.74, 6) is 0.0166. The molecular formula is C21H17BrN2O4S2. The van der Waals surface area contributed by atoms with Crippen molar-refractivity contribution in [3.8, 4) is 5.75 Å². The van der Waals surface area contributed by atoms with Crippen molar-refractivity contribution in [3.63, 3.8) is 0 Å². The van der Waals surface area contributed by atoms with Gasteiger partial charge in [-0.05, 0) is 47.1 Å². The third-order valence-electron chi connectivity index (χ3n) is 4.28. The van der Waals surface area contributed by atoms with Crippen LogP contribution in [-0.4, -0.2) is 28.5 Å². The topological polar surface area (TPSA) is 81.3 Å². The number of ether oxygens (including phenoxy) is 2. The maximum atomic E-state index is 12.7. The van der Waals surface area contributed by atoms with Crippen LogP contribution in [0.2, 0.25) is 0 Å². The number of benzene rings is 2. The molecule has 0 aliphatic heterocycles. The van der Waals surface area contributed by atoms with Gasteiger partial charge < -0.3 is 14.5 Å². The number of nitrogens with one attached hydrogen (secondary N) is 1. The van der Waals surface area contributed by atoms with Crippen LogP contribution in [0.15, 0.2) is 45.2 Å². The largest absolute Gasteiger partial charge is 0.462 e. The van der Waals surface area contributed by atoms with Gasteiger partial charge in [0.15, 0.2) is 4.34 Å². The van der Waals surface area contributed by atoms with Crippen molar-refractivity contribution in [1.29, 1.82) is 0 Å². The fraction of sp³-hybridized carbons (Fsp3) is 0.190. The zero-order chi connectivity index (χ0) is 21.3. The highest BCUT2D eigenvalue weighted by Gasteiger charge is 2.22. The van der Waals surface area contributed by atoms with Crippen LogP contribution < -0.4 is 4.74 Å². The third kappa shape index (κ3) is 4.23. The lowest BCUT2D eigenvalue weighted by molar-refractivity contribution is -0.131. The first-order valence-electron chi connectivity index (χ1n) is 9.14. The van der Waals surface area contributed by atoms with E-state index in [-0.39, 0.29) is 6.61 Å². The van der Waals surface area contributed by atoms with Crippen LogP contribution in [0, 0.1) is 0 Å². The highest BCUT2D eigenvalue weighted by atomic mass is 79.9. The predicted molar refractivity (Wildman–Crippen MR) is 122 cm³/mol. The van der Waals surface area contributed by atoms with E-state index >= 15 is 0 Å². The number of thiazole rings is 1. The molecular weight excluding hydrogens is 488 g/mol. The van der Waals surface area contributed by atoms with Crippen LogP contribution in [-0.2, 0) is 15.3 Å². The summed E-state index contributed by atoms with van der Waals surface area (Å²) >= 11 is 6.59. The molecule has 2 aromatic carbocycles. The summed E-state index contributed by atoms with van der Waals surface area (Å²) in [5.41, 5.74) is 2.89. The molecule has 30 heavy (non-hydrogen) atoms. The summed E-state index contributed by atoms with van der Waals surface area (Å²) < 4.78 is 13.2. The Morgan fingerprint density at radius 2 is 2.07 bits per heavy atom. The van der Waals surface area contributed by atoms with E-state index in [1.165, 1.54) is 6.92 Å². The molecule has 9 heteroatoms. The van der Waals surface area contributed by atoms with Crippen molar-refractivity contribution in [2.24, 2.45) is 0 Å². The smallest absolute Gasteiger partial charge is 0.340 e. The molecule has 0 unspecified atom stereocenters. The van der Waals surface area contributed by atoms with Gasteiger partial charge in [-0.1, -0.05) is 23.9 Å². The molecule has 2 aromatic heterocycles. The lowest BCUT2D eigenvalue weighted by Crippen LogP contribution is -2.07. The maximum absolute atomic E-state index is 12.7. The Labute approximate surface area is 189 Å². The highest BCUT2D eigenvalue weighted by molar-refractivity contribution is 9.10. The van der Waals surface area contributed by atoms with Gasteiger partial charge >= 0.3 is 11.9 Å². The van der Waals surface area contributed by atoms with Gasteiger partial charge in [0, 0.05) is 29.3 Å². The quantitative estimate of drug-likeness (QED) is 0.199. The highest BCUT2D eigenvalue weighted by Crippen LogP contribution is 2.37. The minimum atomic E-state index is -0.435. The Morgan fingerprint density at radius 1 is 1.27 bits per heavy atom. The molecule has 2 heterocycles. The van der Waals surface area contributed by atoms with E-state index in [0.29, 0.717) is 26.9 Å². The minimum absolute atomic E-state index is 0.267. The van der Waals surface area contributed by atoms with Crippen molar-refractivity contribution in [2.75, 3.05) is 6.61 Å². The van der Waals surface area contributed by atoms with E-state index in [9.17, 15) is 9.59 Å². The molecule has 154 valence electrons. The van der Waals surface area contributed by atoms with Crippen LogP contribution in [0.1, 0.15) is 29.9 Å². The first-order chi connectivity index (χ1) is 14.5. The Morgan fingerprint density at radius 3 is 2.80 bits per heavy atom. The summed E-state index contributed by atoms with van der Waals surface area (Å²) in [6.45, 7) is 3.37. The molecule has 0 aliphatic rings. The van der Waals surface area contributed by atoms with Crippen LogP contribution >= 0.6 is 39.0 Å². The van der Waals surface area contributed by atoms with E-state index < -0.39 is 11.9 Å². The molecule has 0 saturated heterocycles. The van der Waals surface area contributed by atoms with Crippen LogP contribution in [0.3, 0.4) is 0 Å². The average molecular weight is 505 g/mol. The van der Waals surface area contributed by atoms with Crippen molar-refractivity contribution in [2.45, 2.75) is 23.9 Å². The monoisotopic (exact) mass is 504 g/mol. The average Bonchev–Trinajstić information content (AvgIpc) is 3.26. The van der Waals surface area contributed by atoms with Gasteiger partial charge in [0.2, 0.25) is 0 Å². The normalized spacial score (nSPS) is 11.2. The summed E-state index contributed by atoms with van der Waals surface area (Å²) in [6, 6.07) is 11.4. The SMILES string of the molecule is CCOC(=O)c1c(CSc2nc3ccccc3s2)[nH]c2cc(Br)c(OC(C)=O)cc12. The lowest BCUT2D eigenvalue weighted by Gasteiger charge is -2.06. The second-order valence-electron chi connectivity index (χ2n) is 6.36. The van der Waals surface area contributed by atoms with Crippen molar-refractivity contribution in [3.05, 3.63) is 52.1 Å². The summed E-state index contributed by atoms with van der Waals surface area (Å²) in [7, 11) is 0. The van der Waals surface area contributed by atoms with E-state index in [4.69, 9.17) is 9.47 Å². The number of nitrogens with zero attached hydrogens (tertiary/aromatic N) is 1.